The first-order valence-corrected chi connectivity index (χ1v) is 9.26. The molecule has 0 bridgehead atoms. The summed E-state index contributed by atoms with van der Waals surface area (Å²) in [5.74, 6) is 0.480. The molecular weight excluding hydrogens is 392 g/mol. The average molecular weight is 409 g/mol. The maximum Gasteiger partial charge on any atom is 0.416 e. The van der Waals surface area contributed by atoms with Crippen LogP contribution < -0.4 is 9.64 Å². The summed E-state index contributed by atoms with van der Waals surface area (Å²) in [6, 6.07) is 3.20. The Kier molecular flexibility index (Phi) is 5.60. The number of benzene rings is 1. The summed E-state index contributed by atoms with van der Waals surface area (Å²) in [5, 5.41) is 2.66. The lowest BCUT2D eigenvalue weighted by atomic mass is 10.1. The predicted molar refractivity (Wildman–Crippen MR) is 91.2 cm³/mol. The Balaban J connectivity index is 1.81. The lowest BCUT2D eigenvalue weighted by Crippen LogP contribution is -2.28. The molecular formula is C18H17F6NOS. The number of hydrogen-bond acceptors (Lipinski definition) is 3. The number of ether oxygens (including phenoxy) is 1. The van der Waals surface area contributed by atoms with Gasteiger partial charge < -0.3 is 9.64 Å². The molecule has 0 atom stereocenters. The zero-order valence-electron chi connectivity index (χ0n) is 14.2. The Labute approximate surface area is 156 Å². The number of rotatable bonds is 4. The second-order valence-electron chi connectivity index (χ2n) is 6.34. The molecule has 3 rings (SSSR count). The van der Waals surface area contributed by atoms with Crippen molar-refractivity contribution in [3.05, 3.63) is 46.3 Å². The van der Waals surface area contributed by atoms with Gasteiger partial charge in [-0.1, -0.05) is 0 Å². The SMILES string of the molecule is FC(F)(F)c1cc(COc2ccsc2N2CCCCC2)cc(C(F)(F)F)c1. The van der Waals surface area contributed by atoms with Crippen LogP contribution in [0.1, 0.15) is 36.0 Å². The van der Waals surface area contributed by atoms with Gasteiger partial charge in [0.2, 0.25) is 0 Å². The number of thiophene rings is 1. The summed E-state index contributed by atoms with van der Waals surface area (Å²) in [7, 11) is 0. The Hall–Kier alpha value is -1.90. The van der Waals surface area contributed by atoms with Gasteiger partial charge in [-0.05, 0) is 54.5 Å². The van der Waals surface area contributed by atoms with Crippen LogP contribution in [-0.2, 0) is 19.0 Å². The van der Waals surface area contributed by atoms with Gasteiger partial charge in [-0.3, -0.25) is 0 Å². The van der Waals surface area contributed by atoms with Gasteiger partial charge in [-0.25, -0.2) is 0 Å². The van der Waals surface area contributed by atoms with E-state index in [1.54, 1.807) is 11.4 Å². The lowest BCUT2D eigenvalue weighted by Gasteiger charge is -2.28. The van der Waals surface area contributed by atoms with Gasteiger partial charge >= 0.3 is 12.4 Å². The number of nitrogens with zero attached hydrogens (tertiary/aromatic N) is 1. The van der Waals surface area contributed by atoms with Crippen molar-refractivity contribution >= 4 is 16.3 Å². The first kappa shape index (κ1) is 19.9. The van der Waals surface area contributed by atoms with E-state index in [0.29, 0.717) is 17.9 Å². The fraction of sp³-hybridized carbons (Fsp3) is 0.444. The fourth-order valence-electron chi connectivity index (χ4n) is 2.99. The normalized spacial score (nSPS) is 15.9. The summed E-state index contributed by atoms with van der Waals surface area (Å²) < 4.78 is 83.2. The molecule has 0 saturated carbocycles. The molecule has 9 heteroatoms. The molecule has 1 aromatic heterocycles. The van der Waals surface area contributed by atoms with Crippen molar-refractivity contribution in [2.45, 2.75) is 38.2 Å². The number of anilines is 1. The number of alkyl halides is 6. The third kappa shape index (κ3) is 4.88. The second-order valence-corrected chi connectivity index (χ2v) is 7.24. The van der Waals surface area contributed by atoms with Crippen LogP contribution in [0.15, 0.2) is 29.6 Å². The highest BCUT2D eigenvalue weighted by Crippen LogP contribution is 2.38. The Morgan fingerprint density at radius 2 is 1.48 bits per heavy atom. The lowest BCUT2D eigenvalue weighted by molar-refractivity contribution is -0.143. The molecule has 0 aliphatic carbocycles. The minimum atomic E-state index is -4.86. The first-order valence-electron chi connectivity index (χ1n) is 8.38. The summed E-state index contributed by atoms with van der Waals surface area (Å²) in [6.07, 6.45) is -6.50. The standard InChI is InChI=1S/C18H17F6NOS/c19-17(20,21)13-8-12(9-14(10-13)18(22,23)24)11-26-15-4-7-27-16(15)25-5-2-1-3-6-25/h4,7-10H,1-3,5-6,11H2. The third-order valence-corrected chi connectivity index (χ3v) is 5.25. The minimum Gasteiger partial charge on any atom is -0.486 e. The van der Waals surface area contributed by atoms with Crippen LogP contribution in [-0.4, -0.2) is 13.1 Å². The molecule has 1 aromatic carbocycles. The van der Waals surface area contributed by atoms with Crippen LogP contribution in [0, 0.1) is 0 Å². The highest BCUT2D eigenvalue weighted by molar-refractivity contribution is 7.14. The fourth-order valence-corrected chi connectivity index (χ4v) is 3.89. The van der Waals surface area contributed by atoms with E-state index in [9.17, 15) is 26.3 Å². The molecule has 2 nitrogen and oxygen atoms in total. The Morgan fingerprint density at radius 1 is 0.889 bits per heavy atom. The average Bonchev–Trinajstić information content (AvgIpc) is 3.07. The van der Waals surface area contributed by atoms with E-state index >= 15 is 0 Å². The van der Waals surface area contributed by atoms with E-state index < -0.39 is 23.5 Å². The molecule has 1 aliphatic heterocycles. The molecule has 1 saturated heterocycles. The van der Waals surface area contributed by atoms with Crippen molar-refractivity contribution in [1.82, 2.24) is 0 Å². The van der Waals surface area contributed by atoms with Crippen LogP contribution in [0.3, 0.4) is 0 Å². The predicted octanol–water partition coefficient (Wildman–Crippen LogP) is 6.36. The molecule has 2 heterocycles. The molecule has 27 heavy (non-hydrogen) atoms. The number of piperidine rings is 1. The van der Waals surface area contributed by atoms with E-state index in [4.69, 9.17) is 4.74 Å². The third-order valence-electron chi connectivity index (χ3n) is 4.29. The van der Waals surface area contributed by atoms with Gasteiger partial charge in [0.1, 0.15) is 11.6 Å². The minimum absolute atomic E-state index is 0.118. The Bertz CT molecular complexity index is 745. The van der Waals surface area contributed by atoms with Gasteiger partial charge in [0.05, 0.1) is 11.1 Å². The van der Waals surface area contributed by atoms with E-state index in [1.165, 1.54) is 11.3 Å². The van der Waals surface area contributed by atoms with Gasteiger partial charge in [-0.15, -0.1) is 11.3 Å². The highest BCUT2D eigenvalue weighted by Gasteiger charge is 2.37. The van der Waals surface area contributed by atoms with Gasteiger partial charge in [0, 0.05) is 13.1 Å². The quantitative estimate of drug-likeness (QED) is 0.545. The zero-order valence-corrected chi connectivity index (χ0v) is 15.0. The molecule has 1 aliphatic rings. The zero-order chi connectivity index (χ0) is 19.7. The molecule has 0 spiro atoms. The maximum atomic E-state index is 12.9. The number of halogens is 6. The maximum absolute atomic E-state index is 12.9. The molecule has 0 N–H and O–H groups in total. The van der Waals surface area contributed by atoms with E-state index in [2.05, 4.69) is 4.90 Å². The van der Waals surface area contributed by atoms with Crippen molar-refractivity contribution in [1.29, 1.82) is 0 Å². The first-order chi connectivity index (χ1) is 12.6. The van der Waals surface area contributed by atoms with Crippen molar-refractivity contribution in [2.24, 2.45) is 0 Å². The summed E-state index contributed by atoms with van der Waals surface area (Å²) >= 11 is 1.45. The summed E-state index contributed by atoms with van der Waals surface area (Å²) in [5.41, 5.74) is -2.84. The van der Waals surface area contributed by atoms with Crippen molar-refractivity contribution in [2.75, 3.05) is 18.0 Å². The van der Waals surface area contributed by atoms with Crippen LogP contribution >= 0.6 is 11.3 Å². The molecule has 0 amide bonds. The highest BCUT2D eigenvalue weighted by atomic mass is 32.1. The Morgan fingerprint density at radius 3 is 2.04 bits per heavy atom. The van der Waals surface area contributed by atoms with Crippen LogP contribution in [0.4, 0.5) is 31.3 Å². The van der Waals surface area contributed by atoms with E-state index in [1.807, 2.05) is 0 Å². The van der Waals surface area contributed by atoms with E-state index in [-0.39, 0.29) is 18.2 Å². The van der Waals surface area contributed by atoms with Gasteiger partial charge in [0.25, 0.3) is 0 Å². The van der Waals surface area contributed by atoms with E-state index in [0.717, 1.165) is 37.4 Å². The van der Waals surface area contributed by atoms with Crippen LogP contribution in [0.25, 0.3) is 0 Å². The van der Waals surface area contributed by atoms with Crippen LogP contribution in [0.2, 0.25) is 0 Å². The molecule has 0 radical (unpaired) electrons. The van der Waals surface area contributed by atoms with Crippen LogP contribution in [0.5, 0.6) is 5.75 Å². The molecule has 1 fully saturated rings. The monoisotopic (exact) mass is 409 g/mol. The van der Waals surface area contributed by atoms with Crippen molar-refractivity contribution in [3.8, 4) is 5.75 Å². The second kappa shape index (κ2) is 7.61. The van der Waals surface area contributed by atoms with Gasteiger partial charge in [0.15, 0.2) is 5.75 Å². The molecule has 148 valence electrons. The van der Waals surface area contributed by atoms with Crippen molar-refractivity contribution in [3.63, 3.8) is 0 Å². The summed E-state index contributed by atoms with van der Waals surface area (Å²) in [4.78, 5) is 2.14. The molecule has 0 unspecified atom stereocenters. The topological polar surface area (TPSA) is 12.5 Å². The largest absolute Gasteiger partial charge is 0.486 e. The van der Waals surface area contributed by atoms with Gasteiger partial charge in [-0.2, -0.15) is 26.3 Å². The summed E-state index contributed by atoms with van der Waals surface area (Å²) in [6.45, 7) is 1.35. The number of hydrogen-bond donors (Lipinski definition) is 0. The van der Waals surface area contributed by atoms with Crippen molar-refractivity contribution < 1.29 is 31.1 Å². The molecule has 2 aromatic rings. The smallest absolute Gasteiger partial charge is 0.416 e.